The maximum Gasteiger partial charge on any atom is 0.136 e. The van der Waals surface area contributed by atoms with Crippen LogP contribution in [-0.4, -0.2) is 23.6 Å². The molecule has 0 saturated carbocycles. The summed E-state index contributed by atoms with van der Waals surface area (Å²) in [4.78, 5) is 7.97. The minimum Gasteiger partial charge on any atom is -0.370 e. The van der Waals surface area contributed by atoms with E-state index in [1.165, 1.54) is 6.42 Å². The molecule has 0 bridgehead atoms. The number of aromatic amines is 1. The minimum atomic E-state index is 0.0879. The highest BCUT2D eigenvalue weighted by molar-refractivity contribution is 6.35. The first kappa shape index (κ1) is 12.9. The van der Waals surface area contributed by atoms with Crippen LogP contribution in [-0.2, 0) is 11.3 Å². The normalized spacial score (nSPS) is 20.0. The molecule has 4 nitrogen and oxygen atoms in total. The fourth-order valence-corrected chi connectivity index (χ4v) is 2.81. The van der Waals surface area contributed by atoms with Gasteiger partial charge < -0.3 is 15.0 Å². The number of aromatic nitrogens is 2. The monoisotopic (exact) mass is 279 g/mol. The molecule has 19 heavy (non-hydrogen) atoms. The van der Waals surface area contributed by atoms with E-state index in [0.29, 0.717) is 0 Å². The molecule has 1 aliphatic rings. The smallest absolute Gasteiger partial charge is 0.136 e. The van der Waals surface area contributed by atoms with Crippen LogP contribution in [0.1, 0.15) is 36.8 Å². The lowest BCUT2D eigenvalue weighted by Crippen LogP contribution is -2.12. The average molecular weight is 280 g/mol. The van der Waals surface area contributed by atoms with Crippen molar-refractivity contribution in [2.75, 3.05) is 13.7 Å². The number of imidazole rings is 1. The zero-order valence-electron chi connectivity index (χ0n) is 11.0. The molecule has 0 amide bonds. The van der Waals surface area contributed by atoms with Crippen molar-refractivity contribution in [3.63, 3.8) is 0 Å². The van der Waals surface area contributed by atoms with Gasteiger partial charge in [-0.2, -0.15) is 0 Å². The van der Waals surface area contributed by atoms with Crippen LogP contribution in [0.25, 0.3) is 11.0 Å². The van der Waals surface area contributed by atoms with Crippen molar-refractivity contribution in [1.29, 1.82) is 0 Å². The van der Waals surface area contributed by atoms with Crippen molar-refractivity contribution in [1.82, 2.24) is 15.3 Å². The Morgan fingerprint density at radius 2 is 2.37 bits per heavy atom. The van der Waals surface area contributed by atoms with E-state index >= 15 is 0 Å². The molecular formula is C14H18ClN3O. The van der Waals surface area contributed by atoms with Crippen molar-refractivity contribution < 1.29 is 4.74 Å². The first-order valence-corrected chi connectivity index (χ1v) is 7.10. The number of fused-ring (bicyclic) bond motifs is 1. The molecule has 1 aromatic carbocycles. The summed E-state index contributed by atoms with van der Waals surface area (Å²) >= 11 is 6.41. The average Bonchev–Trinajstić information content (AvgIpc) is 2.88. The number of nitrogens with zero attached hydrogens (tertiary/aromatic N) is 1. The molecule has 1 atom stereocenters. The van der Waals surface area contributed by atoms with Gasteiger partial charge in [0.05, 0.1) is 10.5 Å². The maximum absolute atomic E-state index is 6.41. The molecule has 1 unspecified atom stereocenters. The van der Waals surface area contributed by atoms with Gasteiger partial charge in [-0.15, -0.1) is 0 Å². The van der Waals surface area contributed by atoms with Crippen LogP contribution in [0.5, 0.6) is 0 Å². The third-order valence-electron chi connectivity index (χ3n) is 3.54. The zero-order chi connectivity index (χ0) is 13.2. The summed E-state index contributed by atoms with van der Waals surface area (Å²) in [5.74, 6) is 0.901. The summed E-state index contributed by atoms with van der Waals surface area (Å²) in [6, 6.07) is 4.07. The number of nitrogens with one attached hydrogen (secondary N) is 2. The van der Waals surface area contributed by atoms with Gasteiger partial charge in [-0.1, -0.05) is 17.7 Å². The summed E-state index contributed by atoms with van der Waals surface area (Å²) in [6.45, 7) is 1.57. The molecule has 2 N–H and O–H groups in total. The van der Waals surface area contributed by atoms with Crippen molar-refractivity contribution in [2.45, 2.75) is 31.9 Å². The van der Waals surface area contributed by atoms with E-state index in [9.17, 15) is 0 Å². The topological polar surface area (TPSA) is 49.9 Å². The molecule has 1 aliphatic heterocycles. The Hall–Kier alpha value is -1.10. The van der Waals surface area contributed by atoms with E-state index < -0.39 is 0 Å². The van der Waals surface area contributed by atoms with E-state index in [4.69, 9.17) is 16.3 Å². The Labute approximate surface area is 117 Å². The molecule has 1 aromatic heterocycles. The van der Waals surface area contributed by atoms with Crippen molar-refractivity contribution in [3.05, 3.63) is 28.5 Å². The maximum atomic E-state index is 6.41. The Morgan fingerprint density at radius 3 is 3.11 bits per heavy atom. The van der Waals surface area contributed by atoms with Gasteiger partial charge in [0.25, 0.3) is 0 Å². The summed E-state index contributed by atoms with van der Waals surface area (Å²) in [6.07, 6.45) is 3.45. The molecular weight excluding hydrogens is 262 g/mol. The van der Waals surface area contributed by atoms with Gasteiger partial charge in [-0.05, 0) is 37.9 Å². The molecule has 3 rings (SSSR count). The molecule has 5 heteroatoms. The van der Waals surface area contributed by atoms with Crippen molar-refractivity contribution in [2.24, 2.45) is 0 Å². The number of halogens is 1. The minimum absolute atomic E-state index is 0.0879. The Bertz CT molecular complexity index is 575. The number of rotatable bonds is 3. The number of H-pyrrole nitrogens is 1. The predicted molar refractivity (Wildman–Crippen MR) is 76.4 cm³/mol. The van der Waals surface area contributed by atoms with Crippen LogP contribution >= 0.6 is 11.6 Å². The molecule has 2 aromatic rings. The van der Waals surface area contributed by atoms with Crippen LogP contribution in [0.2, 0.25) is 5.02 Å². The van der Waals surface area contributed by atoms with Gasteiger partial charge in [0.1, 0.15) is 17.4 Å². The van der Waals surface area contributed by atoms with Gasteiger partial charge in [-0.25, -0.2) is 4.98 Å². The van der Waals surface area contributed by atoms with E-state index in [-0.39, 0.29) is 6.10 Å². The summed E-state index contributed by atoms with van der Waals surface area (Å²) in [7, 11) is 1.91. The molecule has 0 aliphatic carbocycles. The van der Waals surface area contributed by atoms with Crippen LogP contribution in [0, 0.1) is 0 Å². The summed E-state index contributed by atoms with van der Waals surface area (Å²) < 4.78 is 5.76. The lowest BCUT2D eigenvalue weighted by Gasteiger charge is -2.20. The molecule has 102 valence electrons. The van der Waals surface area contributed by atoms with Crippen molar-refractivity contribution >= 4 is 22.6 Å². The van der Waals surface area contributed by atoms with Gasteiger partial charge >= 0.3 is 0 Å². The SMILES string of the molecule is CNCc1ccc2[nH]c(C3CCCCO3)nc2c1Cl. The van der Waals surface area contributed by atoms with Gasteiger partial charge in [0.2, 0.25) is 0 Å². The van der Waals surface area contributed by atoms with E-state index in [1.807, 2.05) is 19.2 Å². The zero-order valence-corrected chi connectivity index (χ0v) is 11.8. The van der Waals surface area contributed by atoms with E-state index in [2.05, 4.69) is 15.3 Å². The van der Waals surface area contributed by atoms with Gasteiger partial charge in [0.15, 0.2) is 0 Å². The largest absolute Gasteiger partial charge is 0.370 e. The number of benzene rings is 1. The second-order valence-corrected chi connectivity index (χ2v) is 5.32. The fraction of sp³-hybridized carbons (Fsp3) is 0.500. The predicted octanol–water partition coefficient (Wildman–Crippen LogP) is 3.18. The third kappa shape index (κ3) is 2.48. The Morgan fingerprint density at radius 1 is 1.47 bits per heavy atom. The molecule has 1 saturated heterocycles. The van der Waals surface area contributed by atoms with Gasteiger partial charge in [0, 0.05) is 13.2 Å². The molecule has 1 fully saturated rings. The molecule has 2 heterocycles. The van der Waals surface area contributed by atoms with E-state index in [0.717, 1.165) is 53.4 Å². The second-order valence-electron chi connectivity index (χ2n) is 4.94. The number of hydrogen-bond donors (Lipinski definition) is 2. The highest BCUT2D eigenvalue weighted by atomic mass is 35.5. The van der Waals surface area contributed by atoms with Crippen LogP contribution < -0.4 is 5.32 Å². The highest BCUT2D eigenvalue weighted by Gasteiger charge is 2.20. The second kappa shape index (κ2) is 5.49. The van der Waals surface area contributed by atoms with E-state index in [1.54, 1.807) is 0 Å². The third-order valence-corrected chi connectivity index (χ3v) is 3.96. The lowest BCUT2D eigenvalue weighted by atomic mass is 10.1. The quantitative estimate of drug-likeness (QED) is 0.907. The molecule has 0 radical (unpaired) electrons. The van der Waals surface area contributed by atoms with Crippen LogP contribution in [0.4, 0.5) is 0 Å². The van der Waals surface area contributed by atoms with Crippen LogP contribution in [0.3, 0.4) is 0 Å². The lowest BCUT2D eigenvalue weighted by molar-refractivity contribution is 0.0101. The highest BCUT2D eigenvalue weighted by Crippen LogP contribution is 2.31. The van der Waals surface area contributed by atoms with Gasteiger partial charge in [-0.3, -0.25) is 0 Å². The first-order chi connectivity index (χ1) is 9.29. The summed E-state index contributed by atoms with van der Waals surface area (Å²) in [5.41, 5.74) is 2.90. The molecule has 0 spiro atoms. The number of hydrogen-bond acceptors (Lipinski definition) is 3. The summed E-state index contributed by atoms with van der Waals surface area (Å²) in [5, 5.41) is 3.84. The Kier molecular flexibility index (Phi) is 3.73. The Balaban J connectivity index is 1.97. The van der Waals surface area contributed by atoms with Crippen LogP contribution in [0.15, 0.2) is 12.1 Å². The first-order valence-electron chi connectivity index (χ1n) is 6.73. The fourth-order valence-electron chi connectivity index (χ4n) is 2.54. The standard InChI is InChI=1S/C14H18ClN3O/c1-16-8-9-5-6-10-13(12(9)15)18-14(17-10)11-4-2-3-7-19-11/h5-6,11,16H,2-4,7-8H2,1H3,(H,17,18). The number of ether oxygens (including phenoxy) is 1. The van der Waals surface area contributed by atoms with Crippen molar-refractivity contribution in [3.8, 4) is 0 Å².